The molecule has 3 amide bonds. The van der Waals surface area contributed by atoms with Gasteiger partial charge in [-0.2, -0.15) is 0 Å². The molecular formula is C37H37N3O6. The molecule has 9 heteroatoms. The van der Waals surface area contributed by atoms with E-state index in [4.69, 9.17) is 4.74 Å². The molecule has 3 N–H and O–H groups in total. The van der Waals surface area contributed by atoms with Crippen LogP contribution in [0.25, 0.3) is 11.1 Å². The summed E-state index contributed by atoms with van der Waals surface area (Å²) in [5.74, 6) is -1.59. The number of fused-ring (bicyclic) bond motifs is 1. The summed E-state index contributed by atoms with van der Waals surface area (Å²) in [6.45, 7) is 3.83. The third-order valence-corrected chi connectivity index (χ3v) is 7.90. The lowest BCUT2D eigenvalue weighted by Gasteiger charge is -2.28. The van der Waals surface area contributed by atoms with Crippen molar-refractivity contribution < 1.29 is 29.0 Å². The van der Waals surface area contributed by atoms with Gasteiger partial charge in [-0.3, -0.25) is 9.59 Å². The number of anilines is 1. The monoisotopic (exact) mass is 619 g/mol. The van der Waals surface area contributed by atoms with Gasteiger partial charge >= 0.3 is 12.1 Å². The highest BCUT2D eigenvalue weighted by atomic mass is 16.5. The molecule has 4 aromatic carbocycles. The molecule has 0 radical (unpaired) electrons. The third-order valence-electron chi connectivity index (χ3n) is 7.90. The average molecular weight is 620 g/mol. The predicted molar refractivity (Wildman–Crippen MR) is 175 cm³/mol. The molecule has 0 fully saturated rings. The van der Waals surface area contributed by atoms with Crippen molar-refractivity contribution in [3.63, 3.8) is 0 Å². The number of alkyl carbamates (subject to hydrolysis) is 1. The van der Waals surface area contributed by atoms with Crippen LogP contribution in [0, 0.1) is 0 Å². The Morgan fingerprint density at radius 1 is 0.870 bits per heavy atom. The zero-order chi connectivity index (χ0) is 32.7. The molecule has 46 heavy (non-hydrogen) atoms. The van der Waals surface area contributed by atoms with Gasteiger partial charge in [0.05, 0.1) is 12.1 Å². The lowest BCUT2D eigenvalue weighted by Crippen LogP contribution is -2.51. The SMILES string of the molecule is CC(C)(CC(=O)NC1CCc2ccccc2N(Cc2ccc(-c3ccccc3C(=O)O)cc2)C1=O)NC(=O)OCc1ccccc1. The highest BCUT2D eigenvalue weighted by Crippen LogP contribution is 2.30. The maximum absolute atomic E-state index is 14.0. The van der Waals surface area contributed by atoms with Crippen molar-refractivity contribution in [2.75, 3.05) is 4.90 Å². The van der Waals surface area contributed by atoms with Gasteiger partial charge in [-0.15, -0.1) is 0 Å². The molecule has 0 saturated heterocycles. The molecule has 0 spiro atoms. The molecule has 236 valence electrons. The largest absolute Gasteiger partial charge is 0.478 e. The van der Waals surface area contributed by atoms with Crippen LogP contribution in [0.2, 0.25) is 0 Å². The molecule has 0 bridgehead atoms. The van der Waals surface area contributed by atoms with Crippen LogP contribution in [0.1, 0.15) is 53.7 Å². The van der Waals surface area contributed by atoms with Gasteiger partial charge in [-0.25, -0.2) is 9.59 Å². The Morgan fingerprint density at radius 2 is 1.54 bits per heavy atom. The van der Waals surface area contributed by atoms with Crippen LogP contribution in [0.15, 0.2) is 103 Å². The zero-order valence-corrected chi connectivity index (χ0v) is 25.9. The number of para-hydroxylation sites is 1. The summed E-state index contributed by atoms with van der Waals surface area (Å²) in [5.41, 5.74) is 4.16. The fourth-order valence-corrected chi connectivity index (χ4v) is 5.63. The van der Waals surface area contributed by atoms with E-state index in [1.807, 2.05) is 78.9 Å². The van der Waals surface area contributed by atoms with E-state index in [1.165, 1.54) is 0 Å². The fraction of sp³-hybridized carbons (Fsp3) is 0.243. The minimum atomic E-state index is -0.998. The maximum atomic E-state index is 14.0. The van der Waals surface area contributed by atoms with Crippen molar-refractivity contribution >= 4 is 29.6 Å². The van der Waals surface area contributed by atoms with Crippen LogP contribution in [0.4, 0.5) is 10.5 Å². The number of carboxylic acids is 1. The van der Waals surface area contributed by atoms with Crippen LogP contribution >= 0.6 is 0 Å². The van der Waals surface area contributed by atoms with Gasteiger partial charge in [0.1, 0.15) is 12.6 Å². The van der Waals surface area contributed by atoms with E-state index >= 15 is 0 Å². The first-order valence-corrected chi connectivity index (χ1v) is 15.2. The topological polar surface area (TPSA) is 125 Å². The van der Waals surface area contributed by atoms with Crippen molar-refractivity contribution in [1.82, 2.24) is 10.6 Å². The second kappa shape index (κ2) is 14.1. The van der Waals surface area contributed by atoms with Crippen LogP contribution in [-0.2, 0) is 33.9 Å². The van der Waals surface area contributed by atoms with Crippen LogP contribution < -0.4 is 15.5 Å². The van der Waals surface area contributed by atoms with Crippen molar-refractivity contribution in [2.45, 2.75) is 57.8 Å². The minimum absolute atomic E-state index is 0.0521. The average Bonchev–Trinajstić information content (AvgIpc) is 3.16. The number of rotatable bonds is 10. The van der Waals surface area contributed by atoms with Gasteiger partial charge in [0.2, 0.25) is 11.8 Å². The second-order valence-corrected chi connectivity index (χ2v) is 12.0. The molecule has 1 aliphatic rings. The number of nitrogens with zero attached hydrogens (tertiary/aromatic N) is 1. The van der Waals surface area contributed by atoms with E-state index in [9.17, 15) is 24.3 Å². The van der Waals surface area contributed by atoms with Crippen molar-refractivity contribution in [1.29, 1.82) is 0 Å². The number of ether oxygens (including phenoxy) is 1. The lowest BCUT2D eigenvalue weighted by atomic mass is 9.98. The van der Waals surface area contributed by atoms with Crippen molar-refractivity contribution in [3.8, 4) is 11.1 Å². The van der Waals surface area contributed by atoms with Gasteiger partial charge in [0.25, 0.3) is 0 Å². The number of carboxylic acid groups (broad SMARTS) is 1. The quantitative estimate of drug-likeness (QED) is 0.197. The number of benzene rings is 4. The molecule has 0 aliphatic carbocycles. The number of aryl methyl sites for hydroxylation is 1. The number of aromatic carboxylic acids is 1. The number of carbonyl (C=O) groups is 4. The Hall–Kier alpha value is -5.44. The van der Waals surface area contributed by atoms with Gasteiger partial charge in [0, 0.05) is 17.6 Å². The van der Waals surface area contributed by atoms with Crippen molar-refractivity contribution in [3.05, 3.63) is 125 Å². The Morgan fingerprint density at radius 3 is 2.28 bits per heavy atom. The van der Waals surface area contributed by atoms with Gasteiger partial charge < -0.3 is 25.4 Å². The number of hydrogen-bond donors (Lipinski definition) is 3. The molecule has 1 aliphatic heterocycles. The van der Waals surface area contributed by atoms with E-state index in [1.54, 1.807) is 43.0 Å². The molecule has 0 aromatic heterocycles. The Bertz CT molecular complexity index is 1720. The van der Waals surface area contributed by atoms with Gasteiger partial charge in [-0.1, -0.05) is 91.0 Å². The van der Waals surface area contributed by atoms with Gasteiger partial charge in [0.15, 0.2) is 0 Å². The highest BCUT2D eigenvalue weighted by Gasteiger charge is 2.33. The standard InChI is InChI=1S/C37H37N3O6/c1-37(2,39-36(45)46-24-26-10-4-3-5-11-26)22-33(41)38-31-21-20-28-12-6-9-15-32(28)40(34(31)42)23-25-16-18-27(19-17-25)29-13-7-8-14-30(29)35(43)44/h3-19,31H,20-24H2,1-2H3,(H,38,41)(H,39,45)(H,43,44). The zero-order valence-electron chi connectivity index (χ0n) is 25.9. The number of carbonyl (C=O) groups excluding carboxylic acids is 3. The first-order chi connectivity index (χ1) is 22.1. The van der Waals surface area contributed by atoms with Crippen molar-refractivity contribution in [2.24, 2.45) is 0 Å². The molecule has 1 unspecified atom stereocenters. The molecule has 9 nitrogen and oxygen atoms in total. The molecule has 0 saturated carbocycles. The van der Waals surface area contributed by atoms with Crippen LogP contribution in [0.5, 0.6) is 0 Å². The third kappa shape index (κ3) is 7.98. The summed E-state index contributed by atoms with van der Waals surface area (Å²) in [5, 5.41) is 15.3. The normalized spacial score (nSPS) is 14.5. The van der Waals surface area contributed by atoms with Crippen LogP contribution in [0.3, 0.4) is 0 Å². The summed E-state index contributed by atoms with van der Waals surface area (Å²) in [6, 6.07) is 30.6. The van der Waals surface area contributed by atoms with E-state index in [0.29, 0.717) is 18.4 Å². The fourth-order valence-electron chi connectivity index (χ4n) is 5.63. The Balaban J connectivity index is 1.26. The second-order valence-electron chi connectivity index (χ2n) is 12.0. The summed E-state index contributed by atoms with van der Waals surface area (Å²) >= 11 is 0. The predicted octanol–water partition coefficient (Wildman–Crippen LogP) is 6.11. The summed E-state index contributed by atoms with van der Waals surface area (Å²) < 4.78 is 5.32. The minimum Gasteiger partial charge on any atom is -0.478 e. The number of hydrogen-bond acceptors (Lipinski definition) is 5. The Labute approximate surface area is 268 Å². The first-order valence-electron chi connectivity index (χ1n) is 15.2. The molecule has 5 rings (SSSR count). The molecular weight excluding hydrogens is 582 g/mol. The van der Waals surface area contributed by atoms with E-state index in [-0.39, 0.29) is 37.0 Å². The summed E-state index contributed by atoms with van der Waals surface area (Å²) in [7, 11) is 0. The molecule has 1 heterocycles. The Kier molecular flexibility index (Phi) is 9.81. The first kappa shape index (κ1) is 32.0. The van der Waals surface area contributed by atoms with Crippen LogP contribution in [-0.4, -0.2) is 40.6 Å². The molecule has 1 atom stereocenters. The van der Waals surface area contributed by atoms with E-state index in [0.717, 1.165) is 27.9 Å². The van der Waals surface area contributed by atoms with E-state index < -0.39 is 23.6 Å². The maximum Gasteiger partial charge on any atom is 0.407 e. The van der Waals surface area contributed by atoms with E-state index in [2.05, 4.69) is 10.6 Å². The highest BCUT2D eigenvalue weighted by molar-refractivity contribution is 6.00. The molecule has 4 aromatic rings. The number of nitrogens with one attached hydrogen (secondary N) is 2. The smallest absolute Gasteiger partial charge is 0.407 e. The summed E-state index contributed by atoms with van der Waals surface area (Å²) in [4.78, 5) is 53.0. The number of amides is 3. The van der Waals surface area contributed by atoms with Gasteiger partial charge in [-0.05, 0) is 66.6 Å². The summed E-state index contributed by atoms with van der Waals surface area (Å²) in [6.07, 6.45) is 0.340. The lowest BCUT2D eigenvalue weighted by molar-refractivity contribution is -0.128.